The zero-order valence-corrected chi connectivity index (χ0v) is 7.36. The number of hydrogen-bond acceptors (Lipinski definition) is 3. The van der Waals surface area contributed by atoms with E-state index >= 15 is 0 Å². The molecule has 1 aliphatic carbocycles. The summed E-state index contributed by atoms with van der Waals surface area (Å²) in [4.78, 5) is 4.35. The second-order valence-electron chi connectivity index (χ2n) is 2.86. The SMILES string of the molecule is COc1csc(C2CCC2)n1. The van der Waals surface area contributed by atoms with Gasteiger partial charge in [0.25, 0.3) is 0 Å². The van der Waals surface area contributed by atoms with Crippen molar-refractivity contribution in [2.75, 3.05) is 7.11 Å². The highest BCUT2D eigenvalue weighted by atomic mass is 32.1. The molecule has 1 aromatic heterocycles. The molecule has 1 fully saturated rings. The van der Waals surface area contributed by atoms with Crippen molar-refractivity contribution in [2.45, 2.75) is 25.2 Å². The summed E-state index contributed by atoms with van der Waals surface area (Å²) in [6, 6.07) is 0. The standard InChI is InChI=1S/C8H11NOS/c1-10-7-5-11-8(9-7)6-3-2-4-6/h5-6H,2-4H2,1H3. The molecule has 0 amide bonds. The molecule has 11 heavy (non-hydrogen) atoms. The van der Waals surface area contributed by atoms with E-state index in [2.05, 4.69) is 4.98 Å². The van der Waals surface area contributed by atoms with Crippen LogP contribution in [0.1, 0.15) is 30.2 Å². The lowest BCUT2D eigenvalue weighted by molar-refractivity contribution is 0.387. The summed E-state index contributed by atoms with van der Waals surface area (Å²) in [6.45, 7) is 0. The number of nitrogens with zero attached hydrogens (tertiary/aromatic N) is 1. The molecule has 0 bridgehead atoms. The normalized spacial score (nSPS) is 17.9. The van der Waals surface area contributed by atoms with Gasteiger partial charge in [-0.2, -0.15) is 0 Å². The van der Waals surface area contributed by atoms with Crippen LogP contribution in [0, 0.1) is 0 Å². The number of methoxy groups -OCH3 is 1. The first-order valence-electron chi connectivity index (χ1n) is 3.89. The Morgan fingerprint density at radius 3 is 2.91 bits per heavy atom. The van der Waals surface area contributed by atoms with Crippen LogP contribution in [0.2, 0.25) is 0 Å². The molecule has 2 rings (SSSR count). The van der Waals surface area contributed by atoms with Crippen molar-refractivity contribution < 1.29 is 4.74 Å². The zero-order chi connectivity index (χ0) is 7.68. The fourth-order valence-electron chi connectivity index (χ4n) is 1.21. The Balaban J connectivity index is 2.11. The van der Waals surface area contributed by atoms with E-state index in [0.717, 1.165) is 11.8 Å². The second-order valence-corrected chi connectivity index (χ2v) is 3.75. The topological polar surface area (TPSA) is 22.1 Å². The monoisotopic (exact) mass is 169 g/mol. The van der Waals surface area contributed by atoms with Crippen LogP contribution in [0.25, 0.3) is 0 Å². The quantitative estimate of drug-likeness (QED) is 0.678. The molecule has 0 spiro atoms. The molecule has 0 atom stereocenters. The van der Waals surface area contributed by atoms with Crippen molar-refractivity contribution in [2.24, 2.45) is 0 Å². The zero-order valence-electron chi connectivity index (χ0n) is 6.54. The fourth-order valence-corrected chi connectivity index (χ4v) is 2.15. The Hall–Kier alpha value is -0.570. The molecule has 1 heterocycles. The van der Waals surface area contributed by atoms with Crippen molar-refractivity contribution in [3.8, 4) is 5.88 Å². The number of ether oxygens (including phenoxy) is 1. The van der Waals surface area contributed by atoms with Gasteiger partial charge in [0.2, 0.25) is 5.88 Å². The molecular formula is C8H11NOS. The van der Waals surface area contributed by atoms with E-state index in [9.17, 15) is 0 Å². The van der Waals surface area contributed by atoms with Gasteiger partial charge in [-0.25, -0.2) is 4.98 Å². The lowest BCUT2D eigenvalue weighted by Crippen LogP contribution is -2.07. The number of hydrogen-bond donors (Lipinski definition) is 0. The largest absolute Gasteiger partial charge is 0.480 e. The molecule has 0 aromatic carbocycles. The Morgan fingerprint density at radius 2 is 2.45 bits per heavy atom. The molecule has 3 heteroatoms. The highest BCUT2D eigenvalue weighted by molar-refractivity contribution is 7.09. The summed E-state index contributed by atoms with van der Waals surface area (Å²) >= 11 is 1.72. The van der Waals surface area contributed by atoms with Crippen molar-refractivity contribution in [3.05, 3.63) is 10.4 Å². The lowest BCUT2D eigenvalue weighted by atomic mass is 9.86. The first kappa shape index (κ1) is 7.10. The third-order valence-corrected chi connectivity index (χ3v) is 3.15. The Morgan fingerprint density at radius 1 is 1.64 bits per heavy atom. The van der Waals surface area contributed by atoms with E-state index in [4.69, 9.17) is 4.74 Å². The van der Waals surface area contributed by atoms with Crippen LogP contribution >= 0.6 is 11.3 Å². The highest BCUT2D eigenvalue weighted by Crippen LogP contribution is 2.38. The summed E-state index contributed by atoms with van der Waals surface area (Å²) < 4.78 is 5.01. The van der Waals surface area contributed by atoms with Gasteiger partial charge in [-0.15, -0.1) is 11.3 Å². The van der Waals surface area contributed by atoms with Gasteiger partial charge >= 0.3 is 0 Å². The first-order chi connectivity index (χ1) is 5.40. The molecular weight excluding hydrogens is 158 g/mol. The van der Waals surface area contributed by atoms with Crippen molar-refractivity contribution in [3.63, 3.8) is 0 Å². The molecule has 1 saturated carbocycles. The van der Waals surface area contributed by atoms with Crippen LogP contribution in [0.15, 0.2) is 5.38 Å². The van der Waals surface area contributed by atoms with Crippen LogP contribution in [-0.4, -0.2) is 12.1 Å². The van der Waals surface area contributed by atoms with Crippen LogP contribution in [0.4, 0.5) is 0 Å². The number of thiazole rings is 1. The van der Waals surface area contributed by atoms with Crippen LogP contribution in [-0.2, 0) is 0 Å². The maximum Gasteiger partial charge on any atom is 0.224 e. The minimum atomic E-state index is 0.740. The van der Waals surface area contributed by atoms with Crippen LogP contribution < -0.4 is 4.74 Å². The molecule has 0 radical (unpaired) electrons. The molecule has 1 aliphatic rings. The van der Waals surface area contributed by atoms with Gasteiger partial charge in [0.15, 0.2) is 0 Å². The lowest BCUT2D eigenvalue weighted by Gasteiger charge is -2.22. The summed E-state index contributed by atoms with van der Waals surface area (Å²) in [5.74, 6) is 1.51. The summed E-state index contributed by atoms with van der Waals surface area (Å²) in [7, 11) is 1.67. The minimum Gasteiger partial charge on any atom is -0.480 e. The summed E-state index contributed by atoms with van der Waals surface area (Å²) in [5.41, 5.74) is 0. The fraction of sp³-hybridized carbons (Fsp3) is 0.625. The van der Waals surface area contributed by atoms with E-state index < -0.39 is 0 Å². The van der Waals surface area contributed by atoms with Crippen molar-refractivity contribution in [1.29, 1.82) is 0 Å². The summed E-state index contributed by atoms with van der Waals surface area (Å²) in [5, 5.41) is 3.24. The Bertz CT molecular complexity index is 242. The average molecular weight is 169 g/mol. The highest BCUT2D eigenvalue weighted by Gasteiger charge is 2.22. The predicted molar refractivity (Wildman–Crippen MR) is 45.3 cm³/mol. The molecule has 60 valence electrons. The van der Waals surface area contributed by atoms with E-state index in [1.54, 1.807) is 18.4 Å². The average Bonchev–Trinajstić information content (AvgIpc) is 2.32. The molecule has 0 N–H and O–H groups in total. The van der Waals surface area contributed by atoms with Crippen LogP contribution in [0.5, 0.6) is 5.88 Å². The maximum atomic E-state index is 5.01. The van der Waals surface area contributed by atoms with Crippen molar-refractivity contribution in [1.82, 2.24) is 4.98 Å². The number of rotatable bonds is 2. The molecule has 0 unspecified atom stereocenters. The molecule has 2 nitrogen and oxygen atoms in total. The first-order valence-corrected chi connectivity index (χ1v) is 4.77. The van der Waals surface area contributed by atoms with E-state index in [-0.39, 0.29) is 0 Å². The molecule has 0 saturated heterocycles. The van der Waals surface area contributed by atoms with Gasteiger partial charge in [0, 0.05) is 5.92 Å². The smallest absolute Gasteiger partial charge is 0.224 e. The maximum absolute atomic E-state index is 5.01. The predicted octanol–water partition coefficient (Wildman–Crippen LogP) is 2.42. The van der Waals surface area contributed by atoms with Gasteiger partial charge in [-0.1, -0.05) is 6.42 Å². The molecule has 0 aliphatic heterocycles. The van der Waals surface area contributed by atoms with E-state index in [1.807, 2.05) is 5.38 Å². The van der Waals surface area contributed by atoms with Gasteiger partial charge in [0.1, 0.15) is 0 Å². The van der Waals surface area contributed by atoms with Crippen molar-refractivity contribution >= 4 is 11.3 Å². The molecule has 1 aromatic rings. The van der Waals surface area contributed by atoms with Gasteiger partial charge in [0.05, 0.1) is 17.5 Å². The van der Waals surface area contributed by atoms with Gasteiger partial charge < -0.3 is 4.74 Å². The third-order valence-electron chi connectivity index (χ3n) is 2.16. The summed E-state index contributed by atoms with van der Waals surface area (Å²) in [6.07, 6.45) is 4.00. The Kier molecular flexibility index (Phi) is 1.82. The minimum absolute atomic E-state index is 0.740. The second kappa shape index (κ2) is 2.81. The van der Waals surface area contributed by atoms with Gasteiger partial charge in [-0.3, -0.25) is 0 Å². The van der Waals surface area contributed by atoms with Crippen LogP contribution in [0.3, 0.4) is 0 Å². The Labute approximate surface area is 70.2 Å². The van der Waals surface area contributed by atoms with E-state index in [1.165, 1.54) is 24.3 Å². The number of aromatic nitrogens is 1. The third kappa shape index (κ3) is 1.25. The van der Waals surface area contributed by atoms with E-state index in [0.29, 0.717) is 0 Å². The van der Waals surface area contributed by atoms with Gasteiger partial charge in [-0.05, 0) is 12.8 Å².